The summed E-state index contributed by atoms with van der Waals surface area (Å²) in [4.78, 5) is 13.3. The zero-order valence-corrected chi connectivity index (χ0v) is 12.4. The van der Waals surface area contributed by atoms with Crippen LogP contribution in [-0.2, 0) is 4.79 Å². The van der Waals surface area contributed by atoms with Gasteiger partial charge in [0, 0.05) is 41.5 Å². The Balaban J connectivity index is 1.85. The Labute approximate surface area is 120 Å². The number of carbonyl (C=O) groups is 1. The molecule has 1 saturated heterocycles. The van der Waals surface area contributed by atoms with Crippen LogP contribution in [-0.4, -0.2) is 34.1 Å². The summed E-state index contributed by atoms with van der Waals surface area (Å²) >= 11 is 3.51. The zero-order chi connectivity index (χ0) is 13.4. The third-order valence-corrected chi connectivity index (χ3v) is 4.39. The van der Waals surface area contributed by atoms with Crippen LogP contribution < -0.4 is 0 Å². The van der Waals surface area contributed by atoms with Crippen molar-refractivity contribution in [3.8, 4) is 0 Å². The first-order valence-electron chi connectivity index (χ1n) is 6.54. The summed E-state index contributed by atoms with van der Waals surface area (Å²) in [6.45, 7) is 3.33. The molecule has 1 aliphatic heterocycles. The number of nitrogens with zero attached hydrogens (tertiary/aromatic N) is 2. The minimum Gasteiger partial charge on any atom is -0.343 e. The molecule has 0 atom stereocenters. The standard InChI is InChI=1S/C14H16BrN3O/c1-9(19)18-6-4-10(5-7-18)14-12-8-11(15)2-3-13(12)16-17-14/h2-3,8,10H,4-7H2,1H3,(H,16,17). The molecule has 100 valence electrons. The van der Waals surface area contributed by atoms with Crippen molar-refractivity contribution in [2.75, 3.05) is 13.1 Å². The van der Waals surface area contributed by atoms with Gasteiger partial charge in [0.25, 0.3) is 0 Å². The summed E-state index contributed by atoms with van der Waals surface area (Å²) in [5.41, 5.74) is 2.21. The van der Waals surface area contributed by atoms with E-state index in [0.29, 0.717) is 5.92 Å². The van der Waals surface area contributed by atoms with Crippen molar-refractivity contribution >= 4 is 32.7 Å². The van der Waals surface area contributed by atoms with E-state index in [1.165, 1.54) is 11.1 Å². The van der Waals surface area contributed by atoms with Gasteiger partial charge in [0.1, 0.15) is 0 Å². The summed E-state index contributed by atoms with van der Waals surface area (Å²) in [7, 11) is 0. The highest BCUT2D eigenvalue weighted by Gasteiger charge is 2.24. The third kappa shape index (κ3) is 2.39. The van der Waals surface area contributed by atoms with Gasteiger partial charge in [-0.25, -0.2) is 0 Å². The Morgan fingerprint density at radius 3 is 2.84 bits per heavy atom. The molecule has 19 heavy (non-hydrogen) atoms. The van der Waals surface area contributed by atoms with Crippen molar-refractivity contribution in [1.82, 2.24) is 15.1 Å². The van der Waals surface area contributed by atoms with Gasteiger partial charge in [-0.05, 0) is 31.0 Å². The van der Waals surface area contributed by atoms with Gasteiger partial charge in [0.15, 0.2) is 0 Å². The van der Waals surface area contributed by atoms with Crippen molar-refractivity contribution in [1.29, 1.82) is 0 Å². The molecule has 0 spiro atoms. The molecule has 0 saturated carbocycles. The fourth-order valence-corrected chi connectivity index (χ4v) is 3.16. The van der Waals surface area contributed by atoms with Gasteiger partial charge in [-0.2, -0.15) is 5.10 Å². The minimum absolute atomic E-state index is 0.177. The van der Waals surface area contributed by atoms with Crippen molar-refractivity contribution in [3.63, 3.8) is 0 Å². The lowest BCUT2D eigenvalue weighted by Gasteiger charge is -2.30. The topological polar surface area (TPSA) is 49.0 Å². The molecule has 0 aliphatic carbocycles. The Hall–Kier alpha value is -1.36. The molecular formula is C14H16BrN3O. The molecule has 4 nitrogen and oxygen atoms in total. The quantitative estimate of drug-likeness (QED) is 0.877. The van der Waals surface area contributed by atoms with Crippen molar-refractivity contribution in [2.24, 2.45) is 0 Å². The van der Waals surface area contributed by atoms with Gasteiger partial charge in [-0.1, -0.05) is 15.9 Å². The first-order valence-corrected chi connectivity index (χ1v) is 7.33. The molecule has 2 aromatic rings. The van der Waals surface area contributed by atoms with Crippen molar-refractivity contribution in [3.05, 3.63) is 28.4 Å². The molecule has 1 N–H and O–H groups in total. The van der Waals surface area contributed by atoms with Gasteiger partial charge in [-0.15, -0.1) is 0 Å². The minimum atomic E-state index is 0.177. The number of rotatable bonds is 1. The van der Waals surface area contributed by atoms with E-state index >= 15 is 0 Å². The summed E-state index contributed by atoms with van der Waals surface area (Å²) in [6.07, 6.45) is 2.01. The molecule has 1 fully saturated rings. The number of benzene rings is 1. The zero-order valence-electron chi connectivity index (χ0n) is 10.8. The van der Waals surface area contributed by atoms with E-state index in [2.05, 4.69) is 32.2 Å². The van der Waals surface area contributed by atoms with Gasteiger partial charge in [-0.3, -0.25) is 9.89 Å². The van der Waals surface area contributed by atoms with E-state index in [9.17, 15) is 4.79 Å². The van der Waals surface area contributed by atoms with Crippen LogP contribution in [0.2, 0.25) is 0 Å². The first-order chi connectivity index (χ1) is 9.15. The fraction of sp³-hybridized carbons (Fsp3) is 0.429. The second kappa shape index (κ2) is 4.96. The number of likely N-dealkylation sites (tertiary alicyclic amines) is 1. The second-order valence-corrected chi connectivity index (χ2v) is 5.99. The van der Waals surface area contributed by atoms with Gasteiger partial charge >= 0.3 is 0 Å². The smallest absolute Gasteiger partial charge is 0.219 e. The highest BCUT2D eigenvalue weighted by atomic mass is 79.9. The average molecular weight is 322 g/mol. The number of amides is 1. The largest absolute Gasteiger partial charge is 0.343 e. The summed E-state index contributed by atoms with van der Waals surface area (Å²) in [5.74, 6) is 0.644. The summed E-state index contributed by atoms with van der Waals surface area (Å²) < 4.78 is 1.07. The lowest BCUT2D eigenvalue weighted by molar-refractivity contribution is -0.129. The number of fused-ring (bicyclic) bond motifs is 1. The number of aromatic nitrogens is 2. The Morgan fingerprint density at radius 2 is 2.16 bits per heavy atom. The molecule has 0 radical (unpaired) electrons. The van der Waals surface area contributed by atoms with Gasteiger partial charge in [0.05, 0.1) is 5.52 Å². The monoisotopic (exact) mass is 321 g/mol. The Morgan fingerprint density at radius 1 is 1.42 bits per heavy atom. The highest BCUT2D eigenvalue weighted by molar-refractivity contribution is 9.10. The molecule has 0 bridgehead atoms. The third-order valence-electron chi connectivity index (χ3n) is 3.89. The number of aromatic amines is 1. The van der Waals surface area contributed by atoms with Crippen LogP contribution in [0.25, 0.3) is 10.9 Å². The number of piperidine rings is 1. The molecule has 2 heterocycles. The van der Waals surface area contributed by atoms with Crippen LogP contribution in [0, 0.1) is 0 Å². The summed E-state index contributed by atoms with van der Waals surface area (Å²) in [5, 5.41) is 8.73. The van der Waals surface area contributed by atoms with E-state index in [1.54, 1.807) is 6.92 Å². The molecular weight excluding hydrogens is 306 g/mol. The maximum absolute atomic E-state index is 11.3. The number of H-pyrrole nitrogens is 1. The molecule has 1 aromatic heterocycles. The number of halogens is 1. The van der Waals surface area contributed by atoms with Crippen LogP contribution >= 0.6 is 15.9 Å². The maximum Gasteiger partial charge on any atom is 0.219 e. The Kier molecular flexibility index (Phi) is 3.31. The van der Waals surface area contributed by atoms with Crippen LogP contribution in [0.3, 0.4) is 0 Å². The van der Waals surface area contributed by atoms with E-state index in [4.69, 9.17) is 0 Å². The molecule has 3 rings (SSSR count). The lowest BCUT2D eigenvalue weighted by Crippen LogP contribution is -2.36. The van der Waals surface area contributed by atoms with E-state index in [-0.39, 0.29) is 5.91 Å². The van der Waals surface area contributed by atoms with Gasteiger partial charge in [0.2, 0.25) is 5.91 Å². The maximum atomic E-state index is 11.3. The lowest BCUT2D eigenvalue weighted by atomic mass is 9.91. The number of hydrogen-bond donors (Lipinski definition) is 1. The van der Waals surface area contributed by atoms with Crippen molar-refractivity contribution in [2.45, 2.75) is 25.7 Å². The van der Waals surface area contributed by atoms with Crippen LogP contribution in [0.1, 0.15) is 31.4 Å². The van der Waals surface area contributed by atoms with Crippen molar-refractivity contribution < 1.29 is 4.79 Å². The SMILES string of the molecule is CC(=O)N1CCC(c2[nH]nc3ccc(Br)cc23)CC1. The van der Waals surface area contributed by atoms with E-state index in [0.717, 1.165) is 35.9 Å². The molecule has 1 amide bonds. The first kappa shape index (κ1) is 12.7. The van der Waals surface area contributed by atoms with E-state index < -0.39 is 0 Å². The highest BCUT2D eigenvalue weighted by Crippen LogP contribution is 2.32. The number of hydrogen-bond acceptors (Lipinski definition) is 2. The van der Waals surface area contributed by atoms with E-state index in [1.807, 2.05) is 17.0 Å². The fourth-order valence-electron chi connectivity index (χ4n) is 2.80. The molecule has 1 aliphatic rings. The summed E-state index contributed by atoms with van der Waals surface area (Å²) in [6, 6.07) is 6.14. The average Bonchev–Trinajstić information content (AvgIpc) is 2.81. The van der Waals surface area contributed by atoms with Crippen LogP contribution in [0.5, 0.6) is 0 Å². The number of nitrogens with one attached hydrogen (secondary N) is 1. The second-order valence-electron chi connectivity index (χ2n) is 5.08. The Bertz CT molecular complexity index is 614. The predicted molar refractivity (Wildman–Crippen MR) is 78.0 cm³/mol. The number of carbonyl (C=O) groups excluding carboxylic acids is 1. The van der Waals surface area contributed by atoms with Gasteiger partial charge < -0.3 is 4.90 Å². The van der Waals surface area contributed by atoms with Crippen LogP contribution in [0.4, 0.5) is 0 Å². The molecule has 1 aromatic carbocycles. The molecule has 5 heteroatoms. The molecule has 0 unspecified atom stereocenters. The normalized spacial score (nSPS) is 17.1. The predicted octanol–water partition coefficient (Wildman–Crippen LogP) is 3.05. The van der Waals surface area contributed by atoms with Crippen LogP contribution in [0.15, 0.2) is 22.7 Å².